The Morgan fingerprint density at radius 1 is 0.778 bits per heavy atom. The van der Waals surface area contributed by atoms with E-state index in [1.54, 1.807) is 12.1 Å². The fraction of sp³-hybridized carbons (Fsp3) is 0.0500. The molecule has 0 bridgehead atoms. The number of carbonyl (C=O) groups is 1. The molecule has 0 aliphatic heterocycles. The summed E-state index contributed by atoms with van der Waals surface area (Å²) in [4.78, 5) is 12.2. The maximum Gasteiger partial charge on any atom is 0.238 e. The van der Waals surface area contributed by atoms with Crippen LogP contribution in [0.5, 0.6) is 0 Å². The molecule has 0 saturated heterocycles. The van der Waals surface area contributed by atoms with Crippen LogP contribution in [-0.4, -0.2) is 14.3 Å². The molecule has 1 amide bonds. The van der Waals surface area contributed by atoms with E-state index in [1.165, 1.54) is 12.1 Å². The summed E-state index contributed by atoms with van der Waals surface area (Å²) in [7, 11) is -3.73. The topological polar surface area (TPSA) is 101 Å². The van der Waals surface area contributed by atoms with Gasteiger partial charge in [-0.05, 0) is 54.1 Å². The van der Waals surface area contributed by atoms with Gasteiger partial charge in [0.1, 0.15) is 0 Å². The maximum atomic E-state index is 12.2. The minimum absolute atomic E-state index is 0.0214. The van der Waals surface area contributed by atoms with Crippen LogP contribution in [0.1, 0.15) is 5.56 Å². The highest BCUT2D eigenvalue weighted by Gasteiger charge is 2.09. The first kappa shape index (κ1) is 18.6. The third-order valence-corrected chi connectivity index (χ3v) is 4.78. The van der Waals surface area contributed by atoms with Crippen molar-refractivity contribution in [2.75, 3.05) is 10.6 Å². The fourth-order valence-electron chi connectivity index (χ4n) is 2.51. The molecule has 3 rings (SSSR count). The average molecular weight is 381 g/mol. The normalized spacial score (nSPS) is 11.0. The van der Waals surface area contributed by atoms with Gasteiger partial charge in [-0.15, -0.1) is 0 Å². The van der Waals surface area contributed by atoms with E-state index in [4.69, 9.17) is 5.14 Å². The Morgan fingerprint density at radius 3 is 1.93 bits per heavy atom. The van der Waals surface area contributed by atoms with Gasteiger partial charge in [-0.25, -0.2) is 13.6 Å². The molecule has 0 spiro atoms. The zero-order chi connectivity index (χ0) is 19.3. The third kappa shape index (κ3) is 5.40. The number of para-hydroxylation sites is 1. The molecule has 3 aromatic carbocycles. The van der Waals surface area contributed by atoms with Crippen molar-refractivity contribution in [1.29, 1.82) is 0 Å². The molecular weight excluding hydrogens is 362 g/mol. The van der Waals surface area contributed by atoms with Crippen molar-refractivity contribution >= 4 is 33.0 Å². The first-order valence-electron chi connectivity index (χ1n) is 8.24. The summed E-state index contributed by atoms with van der Waals surface area (Å²) < 4.78 is 22.5. The number of hydrogen-bond acceptors (Lipinski definition) is 4. The molecule has 138 valence electrons. The molecule has 0 unspecified atom stereocenters. The van der Waals surface area contributed by atoms with E-state index >= 15 is 0 Å². The molecule has 0 heterocycles. The number of anilines is 3. The van der Waals surface area contributed by atoms with E-state index in [1.807, 2.05) is 54.6 Å². The molecule has 0 radical (unpaired) electrons. The number of nitrogens with one attached hydrogen (secondary N) is 2. The predicted molar refractivity (Wildman–Crippen MR) is 106 cm³/mol. The largest absolute Gasteiger partial charge is 0.356 e. The average Bonchev–Trinajstić information content (AvgIpc) is 2.64. The van der Waals surface area contributed by atoms with E-state index in [0.717, 1.165) is 11.4 Å². The number of hydrogen-bond donors (Lipinski definition) is 3. The van der Waals surface area contributed by atoms with Gasteiger partial charge in [0.05, 0.1) is 11.3 Å². The molecular formula is C20H19N3O3S. The van der Waals surface area contributed by atoms with Gasteiger partial charge in [0, 0.05) is 17.1 Å². The van der Waals surface area contributed by atoms with Gasteiger partial charge in [0.15, 0.2) is 0 Å². The standard InChI is InChI=1S/C20H19N3O3S/c21-27(25,26)19-12-6-15(7-13-19)14-20(24)23-18-10-8-17(9-11-18)22-16-4-2-1-3-5-16/h1-13,22H,14H2,(H,23,24)(H2,21,25,26). The Kier molecular flexibility index (Phi) is 5.54. The van der Waals surface area contributed by atoms with Crippen molar-refractivity contribution in [3.63, 3.8) is 0 Å². The van der Waals surface area contributed by atoms with Crippen LogP contribution in [0.2, 0.25) is 0 Å². The van der Waals surface area contributed by atoms with Gasteiger partial charge in [-0.2, -0.15) is 0 Å². The van der Waals surface area contributed by atoms with Crippen LogP contribution in [-0.2, 0) is 21.2 Å². The van der Waals surface area contributed by atoms with Gasteiger partial charge >= 0.3 is 0 Å². The summed E-state index contributed by atoms with van der Waals surface area (Å²) in [6.07, 6.45) is 0.134. The molecule has 4 N–H and O–H groups in total. The Bertz CT molecular complexity index is 1020. The van der Waals surface area contributed by atoms with E-state index < -0.39 is 10.0 Å². The molecule has 0 aliphatic rings. The number of primary sulfonamides is 1. The summed E-state index contributed by atoms with van der Waals surface area (Å²) in [6, 6.07) is 23.1. The fourth-order valence-corrected chi connectivity index (χ4v) is 3.03. The predicted octanol–water partition coefficient (Wildman–Crippen LogP) is 3.26. The highest BCUT2D eigenvalue weighted by molar-refractivity contribution is 7.89. The summed E-state index contributed by atoms with van der Waals surface area (Å²) in [5.41, 5.74) is 3.28. The Morgan fingerprint density at radius 2 is 1.33 bits per heavy atom. The van der Waals surface area contributed by atoms with E-state index in [-0.39, 0.29) is 17.2 Å². The lowest BCUT2D eigenvalue weighted by Gasteiger charge is -2.09. The number of amides is 1. The van der Waals surface area contributed by atoms with E-state index in [0.29, 0.717) is 11.3 Å². The molecule has 3 aromatic rings. The number of benzene rings is 3. The minimum Gasteiger partial charge on any atom is -0.356 e. The molecule has 0 aliphatic carbocycles. The monoisotopic (exact) mass is 381 g/mol. The maximum absolute atomic E-state index is 12.2. The zero-order valence-corrected chi connectivity index (χ0v) is 15.2. The Hall–Kier alpha value is -3.16. The zero-order valence-electron chi connectivity index (χ0n) is 14.4. The van der Waals surface area contributed by atoms with Gasteiger partial charge in [-0.3, -0.25) is 4.79 Å². The molecule has 27 heavy (non-hydrogen) atoms. The minimum atomic E-state index is -3.73. The quantitative estimate of drug-likeness (QED) is 0.610. The van der Waals surface area contributed by atoms with Crippen LogP contribution in [0.4, 0.5) is 17.1 Å². The summed E-state index contributed by atoms with van der Waals surface area (Å²) in [5.74, 6) is -0.192. The van der Waals surface area contributed by atoms with Crippen LogP contribution < -0.4 is 15.8 Å². The van der Waals surface area contributed by atoms with Gasteiger partial charge in [0.2, 0.25) is 15.9 Å². The van der Waals surface area contributed by atoms with Crippen LogP contribution >= 0.6 is 0 Å². The molecule has 0 atom stereocenters. The lowest BCUT2D eigenvalue weighted by molar-refractivity contribution is -0.115. The summed E-state index contributed by atoms with van der Waals surface area (Å²) in [5, 5.41) is 11.1. The van der Waals surface area contributed by atoms with Crippen LogP contribution in [0.25, 0.3) is 0 Å². The highest BCUT2D eigenvalue weighted by atomic mass is 32.2. The van der Waals surface area contributed by atoms with Crippen molar-refractivity contribution in [3.8, 4) is 0 Å². The highest BCUT2D eigenvalue weighted by Crippen LogP contribution is 2.19. The molecule has 0 saturated carbocycles. The molecule has 7 heteroatoms. The summed E-state index contributed by atoms with van der Waals surface area (Å²) in [6.45, 7) is 0. The van der Waals surface area contributed by atoms with Crippen molar-refractivity contribution < 1.29 is 13.2 Å². The number of nitrogens with two attached hydrogens (primary N) is 1. The number of rotatable bonds is 6. The lowest BCUT2D eigenvalue weighted by atomic mass is 10.1. The van der Waals surface area contributed by atoms with Crippen molar-refractivity contribution in [3.05, 3.63) is 84.4 Å². The Balaban J connectivity index is 1.57. The Labute approximate surface area is 158 Å². The van der Waals surface area contributed by atoms with Gasteiger partial charge in [-0.1, -0.05) is 30.3 Å². The van der Waals surface area contributed by atoms with Gasteiger partial charge < -0.3 is 10.6 Å². The van der Waals surface area contributed by atoms with Crippen molar-refractivity contribution in [2.45, 2.75) is 11.3 Å². The first-order valence-corrected chi connectivity index (χ1v) is 9.78. The van der Waals surface area contributed by atoms with Gasteiger partial charge in [0.25, 0.3) is 0 Å². The molecule has 6 nitrogen and oxygen atoms in total. The second kappa shape index (κ2) is 8.03. The van der Waals surface area contributed by atoms with Crippen LogP contribution in [0.3, 0.4) is 0 Å². The SMILES string of the molecule is NS(=O)(=O)c1ccc(CC(=O)Nc2ccc(Nc3ccccc3)cc2)cc1. The molecule has 0 fully saturated rings. The number of sulfonamides is 1. The molecule has 0 aromatic heterocycles. The lowest BCUT2D eigenvalue weighted by Crippen LogP contribution is -2.15. The third-order valence-electron chi connectivity index (χ3n) is 3.85. The van der Waals surface area contributed by atoms with Crippen LogP contribution in [0.15, 0.2) is 83.8 Å². The second-order valence-electron chi connectivity index (χ2n) is 5.98. The van der Waals surface area contributed by atoms with E-state index in [2.05, 4.69) is 10.6 Å². The smallest absolute Gasteiger partial charge is 0.238 e. The first-order chi connectivity index (χ1) is 12.9. The summed E-state index contributed by atoms with van der Waals surface area (Å²) >= 11 is 0. The van der Waals surface area contributed by atoms with Crippen molar-refractivity contribution in [1.82, 2.24) is 0 Å². The second-order valence-corrected chi connectivity index (χ2v) is 7.54. The number of carbonyl (C=O) groups excluding carboxylic acids is 1. The van der Waals surface area contributed by atoms with E-state index in [9.17, 15) is 13.2 Å². The van der Waals surface area contributed by atoms with Crippen LogP contribution in [0, 0.1) is 0 Å². The van der Waals surface area contributed by atoms with Crippen molar-refractivity contribution in [2.24, 2.45) is 5.14 Å².